The smallest absolute Gasteiger partial charge is 0.190 e. The number of nitrogens with one attached hydrogen (secondary N) is 1. The molecule has 1 N–H and O–H groups in total. The molecular formula is C14H16ClN3O2S. The van der Waals surface area contributed by atoms with E-state index in [0.29, 0.717) is 22.7 Å². The number of hydrogen-bond donors (Lipinski definition) is 1. The van der Waals surface area contributed by atoms with Crippen molar-refractivity contribution in [2.75, 3.05) is 25.8 Å². The van der Waals surface area contributed by atoms with E-state index >= 15 is 0 Å². The minimum atomic E-state index is 0.415. The molecule has 2 aromatic rings. The summed E-state index contributed by atoms with van der Waals surface area (Å²) in [5, 5.41) is 4.27. The number of ether oxygens (including phenoxy) is 2. The van der Waals surface area contributed by atoms with Crippen LogP contribution in [0.25, 0.3) is 0 Å². The quantitative estimate of drug-likeness (QED) is 0.498. The number of aromatic nitrogens is 2. The SMILES string of the molecule is COc1ccc(CNc2cc(Cl)nc(SC)n2)c(OC)c1. The Balaban J connectivity index is 2.14. The lowest BCUT2D eigenvalue weighted by atomic mass is 10.2. The van der Waals surface area contributed by atoms with E-state index < -0.39 is 0 Å². The van der Waals surface area contributed by atoms with E-state index in [4.69, 9.17) is 21.1 Å². The Kier molecular flexibility index (Phi) is 5.52. The summed E-state index contributed by atoms with van der Waals surface area (Å²) in [4.78, 5) is 8.45. The van der Waals surface area contributed by atoms with Crippen LogP contribution in [0.15, 0.2) is 29.4 Å². The Labute approximate surface area is 133 Å². The molecule has 0 bridgehead atoms. The average Bonchev–Trinajstić information content (AvgIpc) is 2.52. The predicted octanol–water partition coefficient (Wildman–Crippen LogP) is 3.48. The Morgan fingerprint density at radius 3 is 2.67 bits per heavy atom. The summed E-state index contributed by atoms with van der Waals surface area (Å²) in [6.45, 7) is 0.564. The highest BCUT2D eigenvalue weighted by molar-refractivity contribution is 7.98. The summed E-state index contributed by atoms with van der Waals surface area (Å²) in [5.74, 6) is 2.19. The van der Waals surface area contributed by atoms with Gasteiger partial charge in [0.1, 0.15) is 22.5 Å². The topological polar surface area (TPSA) is 56.3 Å². The summed E-state index contributed by atoms with van der Waals surface area (Å²) >= 11 is 7.41. The van der Waals surface area contributed by atoms with Gasteiger partial charge < -0.3 is 14.8 Å². The molecule has 112 valence electrons. The van der Waals surface area contributed by atoms with Crippen molar-refractivity contribution in [3.05, 3.63) is 35.0 Å². The van der Waals surface area contributed by atoms with Crippen molar-refractivity contribution in [2.45, 2.75) is 11.7 Å². The number of halogens is 1. The Bertz CT molecular complexity index is 625. The first-order chi connectivity index (χ1) is 10.2. The first-order valence-corrected chi connectivity index (χ1v) is 7.80. The van der Waals surface area contributed by atoms with Crippen LogP contribution in [0.5, 0.6) is 11.5 Å². The van der Waals surface area contributed by atoms with Crippen molar-refractivity contribution in [1.29, 1.82) is 0 Å². The molecule has 0 aliphatic heterocycles. The summed E-state index contributed by atoms with van der Waals surface area (Å²) in [6, 6.07) is 7.37. The highest BCUT2D eigenvalue weighted by Crippen LogP contribution is 2.25. The summed E-state index contributed by atoms with van der Waals surface area (Å²) in [5.41, 5.74) is 0.999. The molecule has 0 saturated heterocycles. The molecule has 0 saturated carbocycles. The highest BCUT2D eigenvalue weighted by atomic mass is 35.5. The van der Waals surface area contributed by atoms with Gasteiger partial charge in [-0.2, -0.15) is 0 Å². The van der Waals surface area contributed by atoms with Gasteiger partial charge in [0.25, 0.3) is 0 Å². The summed E-state index contributed by atoms with van der Waals surface area (Å²) in [7, 11) is 3.26. The van der Waals surface area contributed by atoms with Crippen LogP contribution in [0.2, 0.25) is 5.15 Å². The molecule has 2 rings (SSSR count). The minimum Gasteiger partial charge on any atom is -0.497 e. The van der Waals surface area contributed by atoms with Crippen LogP contribution in [0.3, 0.4) is 0 Å². The lowest BCUT2D eigenvalue weighted by Gasteiger charge is -2.12. The largest absolute Gasteiger partial charge is 0.497 e. The van der Waals surface area contributed by atoms with Gasteiger partial charge in [0.2, 0.25) is 0 Å². The Morgan fingerprint density at radius 2 is 2.00 bits per heavy atom. The lowest BCUT2D eigenvalue weighted by molar-refractivity contribution is 0.391. The van der Waals surface area contributed by atoms with Crippen LogP contribution in [0, 0.1) is 0 Å². The van der Waals surface area contributed by atoms with Gasteiger partial charge >= 0.3 is 0 Å². The Morgan fingerprint density at radius 1 is 1.19 bits per heavy atom. The number of benzene rings is 1. The van der Waals surface area contributed by atoms with E-state index in [1.807, 2.05) is 24.5 Å². The van der Waals surface area contributed by atoms with Gasteiger partial charge in [0.05, 0.1) is 14.2 Å². The zero-order valence-electron chi connectivity index (χ0n) is 12.0. The molecule has 1 heterocycles. The van der Waals surface area contributed by atoms with Crippen molar-refractivity contribution in [2.24, 2.45) is 0 Å². The van der Waals surface area contributed by atoms with Gasteiger partial charge in [0.15, 0.2) is 5.16 Å². The fraction of sp³-hybridized carbons (Fsp3) is 0.286. The average molecular weight is 326 g/mol. The maximum absolute atomic E-state index is 5.96. The number of anilines is 1. The predicted molar refractivity (Wildman–Crippen MR) is 85.7 cm³/mol. The van der Waals surface area contributed by atoms with Crippen LogP contribution in [-0.2, 0) is 6.54 Å². The first-order valence-electron chi connectivity index (χ1n) is 6.19. The molecule has 0 atom stereocenters. The Hall–Kier alpha value is -1.66. The molecule has 1 aromatic carbocycles. The number of nitrogens with zero attached hydrogens (tertiary/aromatic N) is 2. The molecule has 0 aliphatic carbocycles. The van der Waals surface area contributed by atoms with Gasteiger partial charge in [-0.15, -0.1) is 0 Å². The monoisotopic (exact) mass is 325 g/mol. The van der Waals surface area contributed by atoms with Crippen molar-refractivity contribution < 1.29 is 9.47 Å². The molecule has 0 unspecified atom stereocenters. The van der Waals surface area contributed by atoms with Crippen molar-refractivity contribution in [3.63, 3.8) is 0 Å². The van der Waals surface area contributed by atoms with Crippen LogP contribution in [0.1, 0.15) is 5.56 Å². The molecule has 21 heavy (non-hydrogen) atoms. The number of rotatable bonds is 6. The van der Waals surface area contributed by atoms with E-state index in [9.17, 15) is 0 Å². The number of hydrogen-bond acceptors (Lipinski definition) is 6. The van der Waals surface area contributed by atoms with Crippen molar-refractivity contribution in [1.82, 2.24) is 9.97 Å². The fourth-order valence-electron chi connectivity index (χ4n) is 1.76. The van der Waals surface area contributed by atoms with Crippen LogP contribution in [0.4, 0.5) is 5.82 Å². The zero-order valence-corrected chi connectivity index (χ0v) is 13.6. The fourth-order valence-corrected chi connectivity index (χ4v) is 2.38. The molecule has 5 nitrogen and oxygen atoms in total. The molecule has 0 radical (unpaired) electrons. The molecule has 0 fully saturated rings. The minimum absolute atomic E-state index is 0.415. The van der Waals surface area contributed by atoms with E-state index in [0.717, 1.165) is 17.1 Å². The zero-order chi connectivity index (χ0) is 15.2. The second-order valence-corrected chi connectivity index (χ2v) is 5.25. The maximum Gasteiger partial charge on any atom is 0.190 e. The molecule has 1 aromatic heterocycles. The van der Waals surface area contributed by atoms with Crippen LogP contribution < -0.4 is 14.8 Å². The van der Waals surface area contributed by atoms with Crippen LogP contribution in [-0.4, -0.2) is 30.4 Å². The molecule has 0 amide bonds. The van der Waals surface area contributed by atoms with Gasteiger partial charge in [-0.25, -0.2) is 9.97 Å². The number of thioether (sulfide) groups is 1. The highest BCUT2D eigenvalue weighted by Gasteiger charge is 2.07. The third kappa shape index (κ3) is 4.15. The molecule has 0 spiro atoms. The second kappa shape index (κ2) is 7.38. The van der Waals surface area contributed by atoms with E-state index in [1.165, 1.54) is 11.8 Å². The molecular weight excluding hydrogens is 310 g/mol. The van der Waals surface area contributed by atoms with Gasteiger partial charge in [-0.05, 0) is 18.4 Å². The van der Waals surface area contributed by atoms with Gasteiger partial charge in [-0.1, -0.05) is 23.4 Å². The van der Waals surface area contributed by atoms with Gasteiger partial charge in [-0.3, -0.25) is 0 Å². The maximum atomic E-state index is 5.96. The lowest BCUT2D eigenvalue weighted by Crippen LogP contribution is -2.04. The van der Waals surface area contributed by atoms with E-state index in [-0.39, 0.29) is 0 Å². The third-order valence-electron chi connectivity index (χ3n) is 2.81. The number of methoxy groups -OCH3 is 2. The standard InChI is InChI=1S/C14H16ClN3O2S/c1-19-10-5-4-9(11(6-10)20-2)8-16-13-7-12(15)17-14(18-13)21-3/h4-7H,8H2,1-3H3,(H,16,17,18). The summed E-state index contributed by atoms with van der Waals surface area (Å²) in [6.07, 6.45) is 1.90. The van der Waals surface area contributed by atoms with Crippen molar-refractivity contribution in [3.8, 4) is 11.5 Å². The second-order valence-electron chi connectivity index (χ2n) is 4.09. The van der Waals surface area contributed by atoms with Crippen molar-refractivity contribution >= 4 is 29.2 Å². The first kappa shape index (κ1) is 15.7. The summed E-state index contributed by atoms with van der Waals surface area (Å²) < 4.78 is 10.5. The molecule has 0 aliphatic rings. The van der Waals surface area contributed by atoms with E-state index in [2.05, 4.69) is 15.3 Å². The van der Waals surface area contributed by atoms with Crippen LogP contribution >= 0.6 is 23.4 Å². The normalized spacial score (nSPS) is 10.3. The van der Waals surface area contributed by atoms with E-state index in [1.54, 1.807) is 20.3 Å². The third-order valence-corrected chi connectivity index (χ3v) is 3.55. The molecule has 7 heteroatoms. The van der Waals surface area contributed by atoms with Gasteiger partial charge in [0, 0.05) is 24.2 Å².